The van der Waals surface area contributed by atoms with Gasteiger partial charge in [0.05, 0.1) is 19.3 Å². The second-order valence-electron chi connectivity index (χ2n) is 3.74. The highest BCUT2D eigenvalue weighted by molar-refractivity contribution is 5.71. The van der Waals surface area contributed by atoms with Gasteiger partial charge in [-0.25, -0.2) is 0 Å². The number of esters is 1. The second-order valence-corrected chi connectivity index (χ2v) is 3.74. The van der Waals surface area contributed by atoms with E-state index in [4.69, 9.17) is 9.84 Å². The summed E-state index contributed by atoms with van der Waals surface area (Å²) in [7, 11) is 0. The van der Waals surface area contributed by atoms with Gasteiger partial charge in [0.15, 0.2) is 0 Å². The molecule has 0 bridgehead atoms. The van der Waals surface area contributed by atoms with Gasteiger partial charge in [-0.15, -0.1) is 0 Å². The van der Waals surface area contributed by atoms with Crippen LogP contribution < -0.4 is 5.32 Å². The average molecular weight is 217 g/mol. The van der Waals surface area contributed by atoms with E-state index in [9.17, 15) is 4.79 Å². The smallest absolute Gasteiger partial charge is 0.319 e. The highest BCUT2D eigenvalue weighted by Gasteiger charge is 2.01. The number of carbonyl (C=O) groups excluding carboxylic acids is 1. The molecule has 0 aromatic carbocycles. The molecule has 0 aromatic heterocycles. The maximum absolute atomic E-state index is 11.1. The number of nitrogens with one attached hydrogen (secondary N) is 1. The highest BCUT2D eigenvalue weighted by atomic mass is 16.5. The molecule has 0 aliphatic heterocycles. The number of aliphatic hydroxyl groups is 1. The molecule has 4 nitrogen and oxygen atoms in total. The van der Waals surface area contributed by atoms with Gasteiger partial charge in [0.25, 0.3) is 0 Å². The zero-order valence-corrected chi connectivity index (χ0v) is 9.79. The van der Waals surface area contributed by atoms with Crippen molar-refractivity contribution in [3.63, 3.8) is 0 Å². The second kappa shape index (κ2) is 9.93. The maximum atomic E-state index is 11.1. The van der Waals surface area contributed by atoms with Crippen LogP contribution in [0.15, 0.2) is 0 Å². The van der Waals surface area contributed by atoms with Crippen LogP contribution in [0.4, 0.5) is 0 Å². The molecular formula is C11H23NO3. The number of unbranched alkanes of at least 4 members (excludes halogenated alkanes) is 1. The van der Waals surface area contributed by atoms with E-state index in [1.807, 2.05) is 0 Å². The molecule has 0 rings (SSSR count). The summed E-state index contributed by atoms with van der Waals surface area (Å²) >= 11 is 0. The molecule has 1 atom stereocenters. The summed E-state index contributed by atoms with van der Waals surface area (Å²) in [6.07, 6.45) is 3.34. The molecule has 0 saturated carbocycles. The van der Waals surface area contributed by atoms with E-state index in [0.29, 0.717) is 6.61 Å². The van der Waals surface area contributed by atoms with Crippen LogP contribution in [0.3, 0.4) is 0 Å². The Labute approximate surface area is 92.0 Å². The lowest BCUT2D eigenvalue weighted by molar-refractivity contribution is -0.142. The lowest BCUT2D eigenvalue weighted by atomic mass is 10.2. The van der Waals surface area contributed by atoms with E-state index in [1.165, 1.54) is 0 Å². The monoisotopic (exact) mass is 217 g/mol. The molecule has 1 unspecified atom stereocenters. The van der Waals surface area contributed by atoms with E-state index in [1.54, 1.807) is 6.92 Å². The molecule has 0 fully saturated rings. The highest BCUT2D eigenvalue weighted by Crippen LogP contribution is 1.93. The Morgan fingerprint density at radius 2 is 2.20 bits per heavy atom. The normalized spacial score (nSPS) is 12.5. The van der Waals surface area contributed by atoms with Crippen LogP contribution in [0, 0.1) is 0 Å². The molecule has 0 heterocycles. The van der Waals surface area contributed by atoms with Crippen LogP contribution in [0.1, 0.15) is 39.5 Å². The fourth-order valence-electron chi connectivity index (χ4n) is 1.09. The molecule has 0 saturated heterocycles. The van der Waals surface area contributed by atoms with Gasteiger partial charge in [-0.05, 0) is 32.7 Å². The molecule has 15 heavy (non-hydrogen) atoms. The molecule has 0 aromatic rings. The molecule has 0 spiro atoms. The van der Waals surface area contributed by atoms with Crippen molar-refractivity contribution < 1.29 is 14.6 Å². The molecule has 0 aliphatic carbocycles. The summed E-state index contributed by atoms with van der Waals surface area (Å²) in [5, 5.41) is 12.0. The third-order valence-electron chi connectivity index (χ3n) is 2.01. The van der Waals surface area contributed by atoms with Crippen LogP contribution >= 0.6 is 0 Å². The van der Waals surface area contributed by atoms with E-state index >= 15 is 0 Å². The average Bonchev–Trinajstić information content (AvgIpc) is 2.17. The summed E-state index contributed by atoms with van der Waals surface area (Å²) in [5.41, 5.74) is 0. The first-order valence-electron chi connectivity index (χ1n) is 5.71. The van der Waals surface area contributed by atoms with Crippen molar-refractivity contribution in [1.29, 1.82) is 0 Å². The number of hydrogen-bond acceptors (Lipinski definition) is 4. The Morgan fingerprint density at radius 1 is 1.47 bits per heavy atom. The first-order chi connectivity index (χ1) is 7.16. The minimum absolute atomic E-state index is 0.194. The number of aliphatic hydroxyl groups excluding tert-OH is 1. The van der Waals surface area contributed by atoms with Gasteiger partial charge in [0.1, 0.15) is 0 Å². The number of carbonyl (C=O) groups is 1. The lowest BCUT2D eigenvalue weighted by Gasteiger charge is -2.06. The van der Waals surface area contributed by atoms with Gasteiger partial charge in [0, 0.05) is 0 Å². The summed E-state index contributed by atoms with van der Waals surface area (Å²) in [4.78, 5) is 11.1. The number of ether oxygens (including phenoxy) is 1. The maximum Gasteiger partial charge on any atom is 0.319 e. The largest absolute Gasteiger partial charge is 0.465 e. The zero-order chi connectivity index (χ0) is 11.5. The van der Waals surface area contributed by atoms with E-state index < -0.39 is 0 Å². The van der Waals surface area contributed by atoms with Crippen molar-refractivity contribution in [2.75, 3.05) is 19.7 Å². The summed E-state index contributed by atoms with van der Waals surface area (Å²) in [6, 6.07) is 0. The fraction of sp³-hybridized carbons (Fsp3) is 0.909. The predicted molar refractivity (Wildman–Crippen MR) is 59.7 cm³/mol. The Hall–Kier alpha value is -0.610. The Kier molecular flexibility index (Phi) is 9.52. The summed E-state index contributed by atoms with van der Waals surface area (Å²) < 4.78 is 4.96. The van der Waals surface area contributed by atoms with E-state index in [-0.39, 0.29) is 18.6 Å². The van der Waals surface area contributed by atoms with Gasteiger partial charge in [0.2, 0.25) is 0 Å². The third-order valence-corrected chi connectivity index (χ3v) is 2.01. The standard InChI is InChI=1S/C11H23NO3/c1-3-4-8-15-11(14)9-12-7-5-6-10(2)13/h10,12-13H,3-9H2,1-2H3. The molecule has 90 valence electrons. The fourth-order valence-corrected chi connectivity index (χ4v) is 1.09. The van der Waals surface area contributed by atoms with Crippen molar-refractivity contribution in [2.45, 2.75) is 45.6 Å². The Bertz CT molecular complexity index is 160. The first kappa shape index (κ1) is 14.4. The Morgan fingerprint density at radius 3 is 2.80 bits per heavy atom. The van der Waals surface area contributed by atoms with Crippen LogP contribution in [0.25, 0.3) is 0 Å². The van der Waals surface area contributed by atoms with Gasteiger partial charge >= 0.3 is 5.97 Å². The summed E-state index contributed by atoms with van der Waals surface area (Å²) in [5.74, 6) is -0.194. The molecule has 0 aliphatic rings. The Balaban J connectivity index is 3.17. The van der Waals surface area contributed by atoms with Crippen molar-refractivity contribution in [3.8, 4) is 0 Å². The lowest BCUT2D eigenvalue weighted by Crippen LogP contribution is -2.26. The van der Waals surface area contributed by atoms with Crippen LogP contribution in [0.2, 0.25) is 0 Å². The molecule has 4 heteroatoms. The number of hydrogen-bond donors (Lipinski definition) is 2. The van der Waals surface area contributed by atoms with Gasteiger partial charge in [-0.1, -0.05) is 13.3 Å². The quantitative estimate of drug-likeness (QED) is 0.448. The van der Waals surface area contributed by atoms with Crippen molar-refractivity contribution >= 4 is 5.97 Å². The molecule has 0 amide bonds. The van der Waals surface area contributed by atoms with Crippen molar-refractivity contribution in [3.05, 3.63) is 0 Å². The predicted octanol–water partition coefficient (Wildman–Crippen LogP) is 1.08. The van der Waals surface area contributed by atoms with Crippen LogP contribution in [-0.4, -0.2) is 36.9 Å². The van der Waals surface area contributed by atoms with Crippen molar-refractivity contribution in [2.24, 2.45) is 0 Å². The SMILES string of the molecule is CCCCOC(=O)CNCCCC(C)O. The third kappa shape index (κ3) is 11.3. The summed E-state index contributed by atoms with van der Waals surface area (Å²) in [6.45, 7) is 5.35. The van der Waals surface area contributed by atoms with Gasteiger partial charge in [-0.3, -0.25) is 4.79 Å². The van der Waals surface area contributed by atoms with Crippen LogP contribution in [-0.2, 0) is 9.53 Å². The van der Waals surface area contributed by atoms with Gasteiger partial charge < -0.3 is 15.2 Å². The zero-order valence-electron chi connectivity index (χ0n) is 9.79. The van der Waals surface area contributed by atoms with Crippen molar-refractivity contribution in [1.82, 2.24) is 5.32 Å². The van der Waals surface area contributed by atoms with E-state index in [0.717, 1.165) is 32.2 Å². The minimum atomic E-state index is -0.261. The van der Waals surface area contributed by atoms with E-state index in [2.05, 4.69) is 12.2 Å². The number of rotatable bonds is 9. The molecule has 0 radical (unpaired) electrons. The van der Waals surface area contributed by atoms with Gasteiger partial charge in [-0.2, -0.15) is 0 Å². The first-order valence-corrected chi connectivity index (χ1v) is 5.71. The molecule has 2 N–H and O–H groups in total. The minimum Gasteiger partial charge on any atom is -0.465 e. The van der Waals surface area contributed by atoms with Crippen LogP contribution in [0.5, 0.6) is 0 Å². The molecular weight excluding hydrogens is 194 g/mol. The topological polar surface area (TPSA) is 58.6 Å².